The molecule has 0 unspecified atom stereocenters. The molecule has 0 saturated carbocycles. The average Bonchev–Trinajstić information content (AvgIpc) is 3.38. The third kappa shape index (κ3) is 4.42. The van der Waals surface area contributed by atoms with E-state index < -0.39 is 6.04 Å². The van der Waals surface area contributed by atoms with Crippen molar-refractivity contribution >= 4 is 64.2 Å². The van der Waals surface area contributed by atoms with Crippen LogP contribution in [0.15, 0.2) is 60.7 Å². The number of carbonyl (C=O) groups excluding carboxylic acids is 2. The Bertz CT molecular complexity index is 1280. The molecule has 0 bridgehead atoms. The van der Waals surface area contributed by atoms with Crippen LogP contribution in [0.25, 0.3) is 0 Å². The Kier molecular flexibility index (Phi) is 6.77. The number of halogens is 3. The Morgan fingerprint density at radius 2 is 1.71 bits per heavy atom. The van der Waals surface area contributed by atoms with E-state index in [0.717, 1.165) is 11.1 Å². The van der Waals surface area contributed by atoms with E-state index in [1.165, 1.54) is 4.90 Å². The molecule has 10 heteroatoms. The van der Waals surface area contributed by atoms with Gasteiger partial charge in [-0.1, -0.05) is 59.1 Å². The molecule has 180 valence electrons. The monoisotopic (exact) mass is 548 g/mol. The van der Waals surface area contributed by atoms with E-state index in [1.807, 2.05) is 24.3 Å². The molecule has 2 heterocycles. The van der Waals surface area contributed by atoms with E-state index in [9.17, 15) is 9.59 Å². The molecule has 6 nitrogen and oxygen atoms in total. The highest BCUT2D eigenvalue weighted by Gasteiger charge is 2.53. The second-order valence-corrected chi connectivity index (χ2v) is 10.3. The van der Waals surface area contributed by atoms with E-state index >= 15 is 0 Å². The van der Waals surface area contributed by atoms with Crippen LogP contribution in [0.1, 0.15) is 16.5 Å². The van der Waals surface area contributed by atoms with Crippen molar-refractivity contribution in [2.24, 2.45) is 0 Å². The van der Waals surface area contributed by atoms with E-state index in [0.29, 0.717) is 38.0 Å². The van der Waals surface area contributed by atoms with Crippen LogP contribution >= 0.6 is 46.6 Å². The highest BCUT2D eigenvalue weighted by Crippen LogP contribution is 2.47. The normalized spacial score (nSPS) is 19.3. The number of imide groups is 1. The van der Waals surface area contributed by atoms with Crippen LogP contribution in [0.5, 0.6) is 11.5 Å². The summed E-state index contributed by atoms with van der Waals surface area (Å²) < 4.78 is 11.4. The molecule has 0 aromatic heterocycles. The summed E-state index contributed by atoms with van der Waals surface area (Å²) in [5, 5.41) is 0.689. The summed E-state index contributed by atoms with van der Waals surface area (Å²) in [7, 11) is 1.57. The third-order valence-electron chi connectivity index (χ3n) is 5.86. The van der Waals surface area contributed by atoms with E-state index in [2.05, 4.69) is 0 Å². The summed E-state index contributed by atoms with van der Waals surface area (Å²) in [4.78, 5) is 29.3. The average molecular weight is 550 g/mol. The van der Waals surface area contributed by atoms with Crippen LogP contribution in [0, 0.1) is 0 Å². The maximum Gasteiger partial charge on any atom is 0.333 e. The summed E-state index contributed by atoms with van der Waals surface area (Å²) in [5.74, 6) is 1.25. The van der Waals surface area contributed by atoms with Gasteiger partial charge < -0.3 is 9.47 Å². The molecule has 3 aromatic rings. The minimum Gasteiger partial charge on any atom is -0.496 e. The van der Waals surface area contributed by atoms with Crippen LogP contribution in [0.3, 0.4) is 0 Å². The zero-order valence-electron chi connectivity index (χ0n) is 18.4. The molecular weight excluding hydrogens is 531 g/mol. The molecule has 5 rings (SSSR count). The predicted molar refractivity (Wildman–Crippen MR) is 139 cm³/mol. The summed E-state index contributed by atoms with van der Waals surface area (Å²) in [5.41, 5.74) is 2.18. The number of hydrogen-bond acceptors (Lipinski definition) is 5. The van der Waals surface area contributed by atoms with Gasteiger partial charge in [0.1, 0.15) is 23.8 Å². The van der Waals surface area contributed by atoms with Gasteiger partial charge in [-0.3, -0.25) is 9.69 Å². The Hall–Kier alpha value is -2.58. The molecule has 2 saturated heterocycles. The Morgan fingerprint density at radius 3 is 2.40 bits per heavy atom. The summed E-state index contributed by atoms with van der Waals surface area (Å²) in [6.45, 7) is 0.127. The Labute approximate surface area is 221 Å². The number of urea groups is 1. The molecule has 0 N–H and O–H groups in total. The molecule has 0 aliphatic carbocycles. The lowest BCUT2D eigenvalue weighted by Crippen LogP contribution is -2.33. The fraction of sp³-hybridized carbons (Fsp3) is 0.200. The molecule has 2 aliphatic rings. The number of methoxy groups -OCH3 is 1. The van der Waals surface area contributed by atoms with Crippen molar-refractivity contribution in [1.29, 1.82) is 0 Å². The van der Waals surface area contributed by atoms with Crippen molar-refractivity contribution in [2.45, 2.75) is 18.0 Å². The standard InChI is InChI=1S/C25H19Cl3N2O4S/c1-33-21-8-7-14(9-15(21)12-34-22-18(27)10-16(26)11-19(22)28)24-30-20(13-35-24)23(31)29(25(30)32)17-5-3-2-4-6-17/h2-11,20,24H,12-13H2,1H3/t20-,24-/m0/s1. The third-order valence-corrected chi connectivity index (χ3v) is 7.96. The van der Waals surface area contributed by atoms with E-state index in [-0.39, 0.29) is 23.9 Å². The number of thioether (sulfide) groups is 1. The van der Waals surface area contributed by atoms with Crippen LogP contribution in [0.4, 0.5) is 10.5 Å². The first-order chi connectivity index (χ1) is 16.9. The number of fused-ring (bicyclic) bond motifs is 1. The fourth-order valence-corrected chi connectivity index (χ4v) is 6.57. The van der Waals surface area contributed by atoms with Gasteiger partial charge in [-0.05, 0) is 42.0 Å². The lowest BCUT2D eigenvalue weighted by Gasteiger charge is -2.24. The summed E-state index contributed by atoms with van der Waals surface area (Å²) in [6, 6.07) is 16.9. The maximum atomic E-state index is 13.3. The quantitative estimate of drug-likeness (QED) is 0.316. The second kappa shape index (κ2) is 9.82. The number of nitrogens with zero attached hydrogens (tertiary/aromatic N) is 2. The number of para-hydroxylation sites is 1. The topological polar surface area (TPSA) is 59.1 Å². The van der Waals surface area contributed by atoms with Crippen LogP contribution in [-0.4, -0.2) is 35.7 Å². The molecule has 0 radical (unpaired) electrons. The molecule has 2 fully saturated rings. The minimum absolute atomic E-state index is 0.127. The van der Waals surface area contributed by atoms with E-state index in [1.54, 1.807) is 60.2 Å². The first-order valence-electron chi connectivity index (χ1n) is 10.7. The lowest BCUT2D eigenvalue weighted by atomic mass is 10.1. The largest absolute Gasteiger partial charge is 0.496 e. The van der Waals surface area contributed by atoms with Gasteiger partial charge in [0.05, 0.1) is 22.8 Å². The molecular formula is C25H19Cl3N2O4S. The Balaban J connectivity index is 1.42. The van der Waals surface area contributed by atoms with Gasteiger partial charge in [0.15, 0.2) is 5.75 Å². The van der Waals surface area contributed by atoms with Crippen molar-refractivity contribution < 1.29 is 19.1 Å². The van der Waals surface area contributed by atoms with Crippen LogP contribution in [0.2, 0.25) is 15.1 Å². The van der Waals surface area contributed by atoms with Gasteiger partial charge >= 0.3 is 6.03 Å². The highest BCUT2D eigenvalue weighted by atomic mass is 35.5. The van der Waals surface area contributed by atoms with Crippen LogP contribution < -0.4 is 14.4 Å². The lowest BCUT2D eigenvalue weighted by molar-refractivity contribution is -0.119. The minimum atomic E-state index is -0.508. The van der Waals surface area contributed by atoms with Crippen molar-refractivity contribution in [3.63, 3.8) is 0 Å². The number of benzene rings is 3. The van der Waals surface area contributed by atoms with Crippen LogP contribution in [-0.2, 0) is 11.4 Å². The van der Waals surface area contributed by atoms with Gasteiger partial charge in [-0.25, -0.2) is 9.69 Å². The number of amides is 3. The predicted octanol–water partition coefficient (Wildman–Crippen LogP) is 6.82. The summed E-state index contributed by atoms with van der Waals surface area (Å²) >= 11 is 20.1. The molecule has 35 heavy (non-hydrogen) atoms. The van der Waals surface area contributed by atoms with Gasteiger partial charge in [-0.2, -0.15) is 0 Å². The number of rotatable bonds is 6. The number of anilines is 1. The van der Waals surface area contributed by atoms with E-state index in [4.69, 9.17) is 44.3 Å². The first-order valence-corrected chi connectivity index (χ1v) is 12.8. The smallest absolute Gasteiger partial charge is 0.333 e. The highest BCUT2D eigenvalue weighted by molar-refractivity contribution is 7.99. The molecule has 2 atom stereocenters. The maximum absolute atomic E-state index is 13.3. The Morgan fingerprint density at radius 1 is 1.00 bits per heavy atom. The number of hydrogen-bond donors (Lipinski definition) is 0. The van der Waals surface area contributed by atoms with Gasteiger partial charge in [0.25, 0.3) is 5.91 Å². The molecule has 0 spiro atoms. The second-order valence-electron chi connectivity index (χ2n) is 7.96. The van der Waals surface area contributed by atoms with Crippen molar-refractivity contribution in [3.8, 4) is 11.5 Å². The first kappa shape index (κ1) is 24.1. The zero-order chi connectivity index (χ0) is 24.7. The van der Waals surface area contributed by atoms with Crippen molar-refractivity contribution in [2.75, 3.05) is 17.8 Å². The molecule has 3 aromatic carbocycles. The number of carbonyl (C=O) groups is 2. The zero-order valence-corrected chi connectivity index (χ0v) is 21.5. The van der Waals surface area contributed by atoms with Gasteiger partial charge in [-0.15, -0.1) is 11.8 Å². The summed E-state index contributed by atoms with van der Waals surface area (Å²) in [6.07, 6.45) is 0. The fourth-order valence-electron chi connectivity index (χ4n) is 4.24. The number of ether oxygens (including phenoxy) is 2. The van der Waals surface area contributed by atoms with Gasteiger partial charge in [0.2, 0.25) is 0 Å². The van der Waals surface area contributed by atoms with Crippen molar-refractivity contribution in [1.82, 2.24) is 4.90 Å². The van der Waals surface area contributed by atoms with Gasteiger partial charge in [0, 0.05) is 16.3 Å². The SMILES string of the molecule is COc1ccc([C@@H]2SC[C@H]3C(=O)N(c4ccccc4)C(=O)N32)cc1COc1c(Cl)cc(Cl)cc1Cl. The molecule has 2 aliphatic heterocycles. The molecule has 3 amide bonds. The van der Waals surface area contributed by atoms with Crippen molar-refractivity contribution in [3.05, 3.63) is 86.9 Å².